The number of amides is 2. The van der Waals surface area contributed by atoms with Gasteiger partial charge in [0.15, 0.2) is 5.69 Å². The normalized spacial score (nSPS) is 17.7. The minimum Gasteiger partial charge on any atom is -0.370 e. The lowest BCUT2D eigenvalue weighted by atomic mass is 9.71. The first kappa shape index (κ1) is 30.2. The molecule has 8 nitrogen and oxygen atoms in total. The summed E-state index contributed by atoms with van der Waals surface area (Å²) in [6.45, 7) is 5.67. The fourth-order valence-corrected chi connectivity index (χ4v) is 5.05. The maximum Gasteiger partial charge on any atom is 0.405 e. The molecule has 0 saturated heterocycles. The summed E-state index contributed by atoms with van der Waals surface area (Å²) in [4.78, 5) is 25.5. The molecule has 4 rings (SSSR count). The van der Waals surface area contributed by atoms with Gasteiger partial charge in [-0.3, -0.25) is 9.59 Å². The number of carbonyl (C=O) groups excluding carboxylic acids is 2. The number of benzene rings is 2. The van der Waals surface area contributed by atoms with E-state index < -0.39 is 18.6 Å². The molecule has 0 radical (unpaired) electrons. The Hall–Kier alpha value is -3.73. The number of hydrogen-bond acceptors (Lipinski definition) is 5. The number of hydrogen-bond donors (Lipinski definition) is 2. The zero-order chi connectivity index (χ0) is 29.6. The summed E-state index contributed by atoms with van der Waals surface area (Å²) >= 11 is 0. The van der Waals surface area contributed by atoms with Gasteiger partial charge >= 0.3 is 6.18 Å². The van der Waals surface area contributed by atoms with E-state index >= 15 is 0 Å². The molecule has 0 atom stereocenters. The van der Waals surface area contributed by atoms with Crippen molar-refractivity contribution in [1.29, 1.82) is 0 Å². The van der Waals surface area contributed by atoms with Crippen molar-refractivity contribution in [3.8, 4) is 5.69 Å². The SMILES string of the molecule is CC(C)(C)C1CCC(NC(=O)c2nnn(-c3ccc(C(=O)NCC(F)(F)F)cc3)c2COCc2ccccc2)CC1. The van der Waals surface area contributed by atoms with Crippen LogP contribution < -0.4 is 10.6 Å². The number of ether oxygens (including phenoxy) is 1. The molecule has 1 saturated carbocycles. The Morgan fingerprint density at radius 1 is 0.927 bits per heavy atom. The van der Waals surface area contributed by atoms with Crippen molar-refractivity contribution >= 4 is 11.8 Å². The Labute approximate surface area is 237 Å². The second-order valence-corrected chi connectivity index (χ2v) is 11.5. The Morgan fingerprint density at radius 3 is 2.20 bits per heavy atom. The Morgan fingerprint density at radius 2 is 1.59 bits per heavy atom. The predicted octanol–water partition coefficient (Wildman–Crippen LogP) is 5.61. The third-order valence-corrected chi connectivity index (χ3v) is 7.44. The lowest BCUT2D eigenvalue weighted by Crippen LogP contribution is -2.40. The van der Waals surface area contributed by atoms with Gasteiger partial charge in [0.2, 0.25) is 0 Å². The molecular formula is C30H36F3N5O3. The minimum absolute atomic E-state index is 0.0369. The molecule has 1 heterocycles. The number of nitrogens with zero attached hydrogens (tertiary/aromatic N) is 3. The Balaban J connectivity index is 1.50. The van der Waals surface area contributed by atoms with Crippen molar-refractivity contribution in [2.45, 2.75) is 71.9 Å². The van der Waals surface area contributed by atoms with Gasteiger partial charge in [-0.15, -0.1) is 5.10 Å². The van der Waals surface area contributed by atoms with Crippen molar-refractivity contribution in [1.82, 2.24) is 25.6 Å². The van der Waals surface area contributed by atoms with Gasteiger partial charge < -0.3 is 15.4 Å². The van der Waals surface area contributed by atoms with E-state index in [1.54, 1.807) is 0 Å². The Kier molecular flexibility index (Phi) is 9.47. The van der Waals surface area contributed by atoms with Crippen LogP contribution in [0.25, 0.3) is 5.69 Å². The van der Waals surface area contributed by atoms with E-state index in [1.807, 2.05) is 35.6 Å². The van der Waals surface area contributed by atoms with Gasteiger partial charge in [0.1, 0.15) is 12.2 Å². The second kappa shape index (κ2) is 12.8. The number of alkyl halides is 3. The van der Waals surface area contributed by atoms with E-state index in [0.717, 1.165) is 31.2 Å². The highest BCUT2D eigenvalue weighted by Crippen LogP contribution is 2.37. The topological polar surface area (TPSA) is 98.1 Å². The first-order chi connectivity index (χ1) is 19.4. The van der Waals surface area contributed by atoms with Crippen LogP contribution in [0.3, 0.4) is 0 Å². The fourth-order valence-electron chi connectivity index (χ4n) is 5.05. The summed E-state index contributed by atoms with van der Waals surface area (Å²) in [5.41, 5.74) is 2.30. The van der Waals surface area contributed by atoms with E-state index in [4.69, 9.17) is 4.74 Å². The largest absolute Gasteiger partial charge is 0.405 e. The van der Waals surface area contributed by atoms with Crippen molar-refractivity contribution < 1.29 is 27.5 Å². The van der Waals surface area contributed by atoms with E-state index in [1.165, 1.54) is 28.9 Å². The van der Waals surface area contributed by atoms with E-state index in [2.05, 4.69) is 36.4 Å². The second-order valence-electron chi connectivity index (χ2n) is 11.5. The number of rotatable bonds is 9. The van der Waals surface area contributed by atoms with Crippen molar-refractivity contribution in [2.75, 3.05) is 6.54 Å². The highest BCUT2D eigenvalue weighted by molar-refractivity contribution is 5.94. The molecule has 0 aliphatic heterocycles. The van der Waals surface area contributed by atoms with Crippen molar-refractivity contribution in [2.24, 2.45) is 11.3 Å². The first-order valence-corrected chi connectivity index (χ1v) is 13.7. The predicted molar refractivity (Wildman–Crippen MR) is 147 cm³/mol. The van der Waals surface area contributed by atoms with Crippen molar-refractivity contribution in [3.05, 3.63) is 77.1 Å². The molecule has 1 fully saturated rings. The zero-order valence-corrected chi connectivity index (χ0v) is 23.5. The summed E-state index contributed by atoms with van der Waals surface area (Å²) in [7, 11) is 0. The quantitative estimate of drug-likeness (QED) is 0.348. The molecule has 11 heteroatoms. The molecule has 1 aliphatic carbocycles. The van der Waals surface area contributed by atoms with Crippen LogP contribution in [0.4, 0.5) is 13.2 Å². The van der Waals surface area contributed by atoms with Gasteiger partial charge in [-0.25, -0.2) is 4.68 Å². The van der Waals surface area contributed by atoms with E-state index in [9.17, 15) is 22.8 Å². The molecule has 1 aromatic heterocycles. The molecule has 220 valence electrons. The molecule has 0 unspecified atom stereocenters. The zero-order valence-electron chi connectivity index (χ0n) is 23.5. The average Bonchev–Trinajstić information content (AvgIpc) is 3.36. The van der Waals surface area contributed by atoms with Crippen LogP contribution in [0.2, 0.25) is 0 Å². The summed E-state index contributed by atoms with van der Waals surface area (Å²) in [5, 5.41) is 13.3. The molecule has 41 heavy (non-hydrogen) atoms. The van der Waals surface area contributed by atoms with Crippen LogP contribution in [0.1, 0.15) is 78.6 Å². The Bertz CT molecular complexity index is 1310. The molecule has 1 aliphatic rings. The minimum atomic E-state index is -4.51. The van der Waals surface area contributed by atoms with Gasteiger partial charge in [0, 0.05) is 11.6 Å². The number of nitrogens with one attached hydrogen (secondary N) is 2. The van der Waals surface area contributed by atoms with Gasteiger partial charge in [0.05, 0.1) is 18.9 Å². The summed E-state index contributed by atoms with van der Waals surface area (Å²) in [6, 6.07) is 15.5. The average molecular weight is 572 g/mol. The molecule has 2 amide bonds. The maximum absolute atomic E-state index is 13.4. The van der Waals surface area contributed by atoms with E-state index in [-0.39, 0.29) is 35.2 Å². The third kappa shape index (κ3) is 8.39. The van der Waals surface area contributed by atoms with Crippen LogP contribution in [0.5, 0.6) is 0 Å². The number of carbonyl (C=O) groups is 2. The van der Waals surface area contributed by atoms with Gasteiger partial charge in [-0.2, -0.15) is 13.2 Å². The van der Waals surface area contributed by atoms with Gasteiger partial charge in [-0.05, 0) is 66.8 Å². The standard InChI is InChI=1S/C30H36F3N5O3/c1-29(2,3)22-11-13-23(14-12-22)35-28(40)26-25(18-41-17-20-7-5-4-6-8-20)38(37-36-26)24-15-9-21(10-16-24)27(39)34-19-30(31,32)33/h4-10,15-16,22-23H,11-14,17-19H2,1-3H3,(H,34,39)(H,35,40). The van der Waals surface area contributed by atoms with Crippen LogP contribution in [0.15, 0.2) is 54.6 Å². The molecule has 0 spiro atoms. The summed E-state index contributed by atoms with van der Waals surface area (Å²) in [5.74, 6) is -0.575. The van der Waals surface area contributed by atoms with Gasteiger partial charge in [-0.1, -0.05) is 56.3 Å². The fraction of sp³-hybridized carbons (Fsp3) is 0.467. The summed E-state index contributed by atoms with van der Waals surface area (Å²) in [6.07, 6.45) is -0.652. The van der Waals surface area contributed by atoms with Crippen LogP contribution in [-0.2, 0) is 18.0 Å². The van der Waals surface area contributed by atoms with Crippen molar-refractivity contribution in [3.63, 3.8) is 0 Å². The molecule has 2 aromatic carbocycles. The highest BCUT2D eigenvalue weighted by Gasteiger charge is 2.31. The summed E-state index contributed by atoms with van der Waals surface area (Å²) < 4.78 is 44.8. The first-order valence-electron chi connectivity index (χ1n) is 13.7. The molecule has 3 aromatic rings. The van der Waals surface area contributed by atoms with Crippen LogP contribution in [-0.4, -0.2) is 45.6 Å². The third-order valence-electron chi connectivity index (χ3n) is 7.44. The monoisotopic (exact) mass is 571 g/mol. The van der Waals surface area contributed by atoms with Crippen LogP contribution >= 0.6 is 0 Å². The van der Waals surface area contributed by atoms with E-state index in [0.29, 0.717) is 23.9 Å². The number of halogens is 3. The highest BCUT2D eigenvalue weighted by atomic mass is 19.4. The smallest absolute Gasteiger partial charge is 0.370 e. The van der Waals surface area contributed by atoms with Crippen LogP contribution in [0, 0.1) is 11.3 Å². The lowest BCUT2D eigenvalue weighted by molar-refractivity contribution is -0.123. The number of aromatic nitrogens is 3. The molecular weight excluding hydrogens is 535 g/mol. The molecule has 0 bridgehead atoms. The lowest BCUT2D eigenvalue weighted by Gasteiger charge is -2.37. The maximum atomic E-state index is 13.4. The van der Waals surface area contributed by atoms with Gasteiger partial charge in [0.25, 0.3) is 11.8 Å². The molecule has 2 N–H and O–H groups in total.